The monoisotopic (exact) mass is 538 g/mol. The summed E-state index contributed by atoms with van der Waals surface area (Å²) in [6.45, 7) is -0.222. The molecule has 5 heteroatoms. The topological polar surface area (TPSA) is 46.5 Å². The van der Waals surface area contributed by atoms with Crippen LogP contribution in [0.5, 0.6) is 0 Å². The molecule has 1 N–H and O–H groups in total. The van der Waals surface area contributed by atoms with E-state index in [1.807, 2.05) is 0 Å². The molecule has 2 bridgehead atoms. The number of aliphatic carboxylic acids is 1. The minimum atomic E-state index is -0.883. The number of fused-ring (bicyclic) bond motifs is 2. The molecule has 0 spiro atoms. The number of benzene rings is 4. The lowest BCUT2D eigenvalue weighted by atomic mass is 9.99. The van der Waals surface area contributed by atoms with E-state index in [-0.39, 0.29) is 12.7 Å². The first-order valence-corrected chi connectivity index (χ1v) is 16.2. The molecule has 0 aromatic heterocycles. The smallest absolute Gasteiger partial charge is 0.329 e. The number of carboxylic acid groups (broad SMARTS) is 1. The second kappa shape index (κ2) is 11.5. The maximum atomic E-state index is 11.6. The first kappa shape index (κ1) is 25.4. The molecule has 2 saturated carbocycles. The molecule has 192 valence electrons. The van der Waals surface area contributed by atoms with Gasteiger partial charge < -0.3 is 9.84 Å². The van der Waals surface area contributed by atoms with E-state index in [0.717, 1.165) is 12.8 Å². The molecule has 2 aliphatic rings. The van der Waals surface area contributed by atoms with Gasteiger partial charge in [0.1, 0.15) is 6.61 Å². The van der Waals surface area contributed by atoms with Crippen molar-refractivity contribution in [2.24, 2.45) is 11.8 Å². The van der Waals surface area contributed by atoms with Gasteiger partial charge >= 0.3 is 5.97 Å². The quantitative estimate of drug-likeness (QED) is 0.287. The predicted octanol–water partition coefficient (Wildman–Crippen LogP) is 5.50. The molecule has 4 aromatic rings. The van der Waals surface area contributed by atoms with Gasteiger partial charge in [-0.2, -0.15) is 0 Å². The molecule has 3 nitrogen and oxygen atoms in total. The van der Waals surface area contributed by atoms with Crippen LogP contribution >= 0.6 is 15.8 Å². The standard InChI is InChI=1S/C33H32O3P2/c34-30(35)23-36-31-28-21-22-29(31)33(38(26-17-9-3-10-18-26)27-19-11-4-12-20-27)32(28)37(24-13-5-1-6-14-24)25-15-7-2-8-16-25/h1-20,28-29,31-33H,21-23H2,(H,34,35)/t28-,29+,31?,32-,33-/m1/s1. The van der Waals surface area contributed by atoms with Crippen molar-refractivity contribution >= 4 is 43.0 Å². The summed E-state index contributed by atoms with van der Waals surface area (Å²) < 4.78 is 6.28. The minimum Gasteiger partial charge on any atom is -0.480 e. The van der Waals surface area contributed by atoms with Crippen molar-refractivity contribution in [2.45, 2.75) is 30.3 Å². The number of hydrogen-bond donors (Lipinski definition) is 1. The fraction of sp³-hybridized carbons (Fsp3) is 0.242. The Bertz CT molecular complexity index is 1160. The van der Waals surface area contributed by atoms with Crippen LogP contribution in [0.15, 0.2) is 121 Å². The molecule has 2 aliphatic carbocycles. The highest BCUT2D eigenvalue weighted by atomic mass is 31.1. The third kappa shape index (κ3) is 4.96. The van der Waals surface area contributed by atoms with E-state index >= 15 is 0 Å². The van der Waals surface area contributed by atoms with E-state index in [2.05, 4.69) is 121 Å². The van der Waals surface area contributed by atoms with Gasteiger partial charge in [-0.1, -0.05) is 121 Å². The highest BCUT2D eigenvalue weighted by Crippen LogP contribution is 2.66. The Morgan fingerprint density at radius 1 is 0.605 bits per heavy atom. The van der Waals surface area contributed by atoms with Crippen LogP contribution in [-0.2, 0) is 9.53 Å². The van der Waals surface area contributed by atoms with Crippen LogP contribution in [0.1, 0.15) is 12.8 Å². The summed E-state index contributed by atoms with van der Waals surface area (Å²) in [7, 11) is -1.37. The van der Waals surface area contributed by atoms with Crippen LogP contribution in [0.2, 0.25) is 0 Å². The highest BCUT2D eigenvalue weighted by Gasteiger charge is 2.60. The van der Waals surface area contributed by atoms with Crippen molar-refractivity contribution in [3.8, 4) is 0 Å². The summed E-state index contributed by atoms with van der Waals surface area (Å²) in [6.07, 6.45) is 2.18. The molecule has 0 amide bonds. The zero-order valence-electron chi connectivity index (χ0n) is 21.2. The number of carboxylic acids is 1. The fourth-order valence-corrected chi connectivity index (χ4v) is 13.9. The lowest BCUT2D eigenvalue weighted by molar-refractivity contribution is -0.145. The molecule has 0 heterocycles. The van der Waals surface area contributed by atoms with E-state index < -0.39 is 21.8 Å². The van der Waals surface area contributed by atoms with E-state index in [4.69, 9.17) is 4.74 Å². The van der Waals surface area contributed by atoms with Gasteiger partial charge in [0, 0.05) is 11.3 Å². The number of ether oxygens (including phenoxy) is 1. The highest BCUT2D eigenvalue weighted by molar-refractivity contribution is 7.77. The Morgan fingerprint density at radius 3 is 1.21 bits per heavy atom. The zero-order valence-corrected chi connectivity index (χ0v) is 23.0. The summed E-state index contributed by atoms with van der Waals surface area (Å²) in [5.74, 6) is -0.201. The van der Waals surface area contributed by atoms with Crippen molar-refractivity contribution in [3.05, 3.63) is 121 Å². The van der Waals surface area contributed by atoms with Crippen molar-refractivity contribution in [3.63, 3.8) is 0 Å². The Balaban J connectivity index is 1.53. The second-order valence-corrected chi connectivity index (χ2v) is 14.9. The molecule has 0 radical (unpaired) electrons. The Labute approximate surface area is 227 Å². The van der Waals surface area contributed by atoms with Crippen LogP contribution in [-0.4, -0.2) is 35.1 Å². The van der Waals surface area contributed by atoms with Gasteiger partial charge in [0.15, 0.2) is 0 Å². The molecule has 1 unspecified atom stereocenters. The summed E-state index contributed by atoms with van der Waals surface area (Å²) in [6, 6.07) is 44.0. The van der Waals surface area contributed by atoms with Crippen molar-refractivity contribution < 1.29 is 14.6 Å². The van der Waals surface area contributed by atoms with Crippen LogP contribution in [0.3, 0.4) is 0 Å². The maximum absolute atomic E-state index is 11.6. The summed E-state index contributed by atoms with van der Waals surface area (Å²) in [5.41, 5.74) is 0.803. The molecular formula is C33H32O3P2. The average Bonchev–Trinajstić information content (AvgIpc) is 3.50. The molecule has 0 saturated heterocycles. The predicted molar refractivity (Wildman–Crippen MR) is 159 cm³/mol. The largest absolute Gasteiger partial charge is 0.480 e. The van der Waals surface area contributed by atoms with E-state index in [0.29, 0.717) is 23.2 Å². The van der Waals surface area contributed by atoms with Gasteiger partial charge in [-0.3, -0.25) is 0 Å². The SMILES string of the molecule is O=C(O)COC1[C@H]2CC[C@@H]1[C@@H](P(c1ccccc1)c1ccccc1)[C@@H]2P(c1ccccc1)c1ccccc1. The average molecular weight is 539 g/mol. The van der Waals surface area contributed by atoms with Crippen molar-refractivity contribution in [2.75, 3.05) is 6.61 Å². The molecule has 5 atom stereocenters. The fourth-order valence-electron chi connectivity index (χ4n) is 6.71. The van der Waals surface area contributed by atoms with Crippen LogP contribution in [0.25, 0.3) is 0 Å². The molecule has 0 aliphatic heterocycles. The van der Waals surface area contributed by atoms with E-state index in [1.165, 1.54) is 21.2 Å². The Kier molecular flexibility index (Phi) is 7.70. The molecule has 6 rings (SSSR count). The summed E-state index contributed by atoms with van der Waals surface area (Å²) in [5, 5.41) is 15.1. The van der Waals surface area contributed by atoms with Crippen molar-refractivity contribution in [1.29, 1.82) is 0 Å². The number of carbonyl (C=O) groups is 1. The first-order valence-electron chi connectivity index (χ1n) is 13.3. The van der Waals surface area contributed by atoms with Gasteiger partial charge in [0.2, 0.25) is 0 Å². The van der Waals surface area contributed by atoms with Crippen LogP contribution in [0, 0.1) is 11.8 Å². The lowest BCUT2D eigenvalue weighted by Crippen LogP contribution is -2.39. The summed E-state index contributed by atoms with van der Waals surface area (Å²) >= 11 is 0. The molecule has 4 aromatic carbocycles. The zero-order chi connectivity index (χ0) is 25.9. The number of hydrogen-bond acceptors (Lipinski definition) is 2. The Hall–Kier alpha value is -2.83. The Morgan fingerprint density at radius 2 is 0.921 bits per heavy atom. The van der Waals surface area contributed by atoms with Gasteiger partial charge in [-0.25, -0.2) is 4.79 Å². The third-order valence-corrected chi connectivity index (χ3v) is 14.3. The third-order valence-electron chi connectivity index (χ3n) is 8.04. The van der Waals surface area contributed by atoms with Gasteiger partial charge in [0.25, 0.3) is 0 Å². The van der Waals surface area contributed by atoms with Gasteiger partial charge in [-0.15, -0.1) is 0 Å². The van der Waals surface area contributed by atoms with Crippen LogP contribution in [0.4, 0.5) is 0 Å². The van der Waals surface area contributed by atoms with Gasteiger partial charge in [-0.05, 0) is 61.7 Å². The van der Waals surface area contributed by atoms with E-state index in [1.54, 1.807) is 0 Å². The number of rotatable bonds is 9. The maximum Gasteiger partial charge on any atom is 0.329 e. The second-order valence-electron chi connectivity index (χ2n) is 10.1. The normalized spacial score (nSPS) is 24.2. The minimum absolute atomic E-state index is 0.0176. The molecule has 2 fully saturated rings. The van der Waals surface area contributed by atoms with E-state index in [9.17, 15) is 9.90 Å². The van der Waals surface area contributed by atoms with Crippen LogP contribution < -0.4 is 21.2 Å². The molecule has 38 heavy (non-hydrogen) atoms. The molecular weight excluding hydrogens is 506 g/mol. The van der Waals surface area contributed by atoms with Gasteiger partial charge in [0.05, 0.1) is 6.10 Å². The lowest BCUT2D eigenvalue weighted by Gasteiger charge is -2.41. The van der Waals surface area contributed by atoms with Crippen molar-refractivity contribution in [1.82, 2.24) is 0 Å². The first-order chi connectivity index (χ1) is 18.7. The summed E-state index contributed by atoms with van der Waals surface area (Å²) in [4.78, 5) is 11.6.